The Morgan fingerprint density at radius 1 is 1.50 bits per heavy atom. The molecule has 0 radical (unpaired) electrons. The van der Waals surface area contributed by atoms with Gasteiger partial charge in [0, 0.05) is 17.0 Å². The number of rotatable bonds is 2. The maximum atomic E-state index is 13.0. The van der Waals surface area contributed by atoms with Crippen molar-refractivity contribution in [3.8, 4) is 0 Å². The molecule has 2 N–H and O–H groups in total. The summed E-state index contributed by atoms with van der Waals surface area (Å²) in [5.74, 6) is 0.0891. The van der Waals surface area contributed by atoms with Crippen LogP contribution in [0, 0.1) is 11.7 Å². The second kappa shape index (κ2) is 5.25. The van der Waals surface area contributed by atoms with Crippen LogP contribution in [0.15, 0.2) is 22.7 Å². The van der Waals surface area contributed by atoms with Crippen molar-refractivity contribution in [1.29, 1.82) is 0 Å². The average Bonchev–Trinajstić information content (AvgIpc) is 2.29. The molecule has 2 unspecified atom stereocenters. The Balaban J connectivity index is 2.27. The molecular formula is C12H15BrFNO. The first-order chi connectivity index (χ1) is 7.72. The molecule has 16 heavy (non-hydrogen) atoms. The highest BCUT2D eigenvalue weighted by atomic mass is 79.9. The van der Waals surface area contributed by atoms with Gasteiger partial charge in [-0.1, -0.05) is 22.0 Å². The summed E-state index contributed by atoms with van der Waals surface area (Å²) in [6.45, 7) is 1.36. The standard InChI is InChI=1S/C12H15BrFNO/c13-11-6-9(14)3-4-10(11)12-8(7-15)2-1-5-16-12/h3-4,6,8,12H,1-2,5,7,15H2. The van der Waals surface area contributed by atoms with Gasteiger partial charge >= 0.3 is 0 Å². The zero-order valence-corrected chi connectivity index (χ0v) is 10.5. The van der Waals surface area contributed by atoms with Crippen molar-refractivity contribution in [2.45, 2.75) is 18.9 Å². The van der Waals surface area contributed by atoms with Crippen LogP contribution in [-0.2, 0) is 4.74 Å². The Labute approximate surface area is 103 Å². The molecule has 1 saturated heterocycles. The number of hydrogen-bond donors (Lipinski definition) is 1. The van der Waals surface area contributed by atoms with Gasteiger partial charge in [-0.25, -0.2) is 4.39 Å². The van der Waals surface area contributed by atoms with Gasteiger partial charge in [0.05, 0.1) is 6.10 Å². The lowest BCUT2D eigenvalue weighted by atomic mass is 9.89. The van der Waals surface area contributed by atoms with Crippen LogP contribution in [0.2, 0.25) is 0 Å². The van der Waals surface area contributed by atoms with E-state index in [1.54, 1.807) is 6.07 Å². The van der Waals surface area contributed by atoms with E-state index in [4.69, 9.17) is 10.5 Å². The molecule has 1 fully saturated rings. The van der Waals surface area contributed by atoms with E-state index >= 15 is 0 Å². The number of ether oxygens (including phenoxy) is 1. The molecule has 1 aromatic carbocycles. The first kappa shape index (κ1) is 12.0. The van der Waals surface area contributed by atoms with Crippen LogP contribution in [0.1, 0.15) is 24.5 Å². The molecule has 0 spiro atoms. The van der Waals surface area contributed by atoms with Crippen LogP contribution in [-0.4, -0.2) is 13.2 Å². The Kier molecular flexibility index (Phi) is 3.95. The largest absolute Gasteiger partial charge is 0.373 e. The van der Waals surface area contributed by atoms with E-state index < -0.39 is 0 Å². The lowest BCUT2D eigenvalue weighted by molar-refractivity contribution is -0.0256. The summed E-state index contributed by atoms with van der Waals surface area (Å²) in [6, 6.07) is 4.71. The maximum Gasteiger partial charge on any atom is 0.124 e. The van der Waals surface area contributed by atoms with Crippen molar-refractivity contribution in [2.24, 2.45) is 11.7 Å². The molecule has 1 heterocycles. The molecule has 88 valence electrons. The number of halogens is 2. The third-order valence-electron chi connectivity index (χ3n) is 3.02. The highest BCUT2D eigenvalue weighted by Crippen LogP contribution is 2.36. The molecule has 4 heteroatoms. The predicted octanol–water partition coefficient (Wildman–Crippen LogP) is 3.01. The monoisotopic (exact) mass is 287 g/mol. The fourth-order valence-electron chi connectivity index (χ4n) is 2.16. The Morgan fingerprint density at radius 3 is 3.00 bits per heavy atom. The van der Waals surface area contributed by atoms with E-state index in [0.717, 1.165) is 29.5 Å². The van der Waals surface area contributed by atoms with E-state index in [9.17, 15) is 4.39 Å². The second-order valence-corrected chi connectivity index (χ2v) is 4.95. The minimum atomic E-state index is -0.240. The van der Waals surface area contributed by atoms with E-state index in [0.29, 0.717) is 12.5 Å². The zero-order valence-electron chi connectivity index (χ0n) is 8.96. The van der Waals surface area contributed by atoms with Crippen LogP contribution in [0.25, 0.3) is 0 Å². The van der Waals surface area contributed by atoms with Crippen molar-refractivity contribution in [1.82, 2.24) is 0 Å². The molecule has 0 aliphatic carbocycles. The third-order valence-corrected chi connectivity index (χ3v) is 3.70. The fourth-order valence-corrected chi connectivity index (χ4v) is 2.74. The quantitative estimate of drug-likeness (QED) is 0.908. The molecule has 1 aliphatic rings. The second-order valence-electron chi connectivity index (χ2n) is 4.10. The molecule has 2 atom stereocenters. The van der Waals surface area contributed by atoms with Crippen molar-refractivity contribution in [3.63, 3.8) is 0 Å². The lowest BCUT2D eigenvalue weighted by Gasteiger charge is -2.31. The molecule has 0 bridgehead atoms. The van der Waals surface area contributed by atoms with Crippen LogP contribution in [0.4, 0.5) is 4.39 Å². The van der Waals surface area contributed by atoms with Crippen LogP contribution in [0.3, 0.4) is 0 Å². The van der Waals surface area contributed by atoms with Gasteiger partial charge in [0.1, 0.15) is 5.82 Å². The van der Waals surface area contributed by atoms with Crippen molar-refractivity contribution in [2.75, 3.05) is 13.2 Å². The van der Waals surface area contributed by atoms with Crippen molar-refractivity contribution in [3.05, 3.63) is 34.1 Å². The summed E-state index contributed by atoms with van der Waals surface area (Å²) in [5.41, 5.74) is 6.74. The van der Waals surface area contributed by atoms with Crippen molar-refractivity contribution >= 4 is 15.9 Å². The molecule has 0 aromatic heterocycles. The van der Waals surface area contributed by atoms with Gasteiger partial charge < -0.3 is 10.5 Å². The summed E-state index contributed by atoms with van der Waals surface area (Å²) in [4.78, 5) is 0. The van der Waals surface area contributed by atoms with E-state index in [1.165, 1.54) is 12.1 Å². The van der Waals surface area contributed by atoms with E-state index in [1.807, 2.05) is 0 Å². The average molecular weight is 288 g/mol. The summed E-state index contributed by atoms with van der Waals surface area (Å²) in [5, 5.41) is 0. The first-order valence-electron chi connectivity index (χ1n) is 5.49. The molecule has 1 aliphatic heterocycles. The smallest absolute Gasteiger partial charge is 0.124 e. The minimum Gasteiger partial charge on any atom is -0.373 e. The number of hydrogen-bond acceptors (Lipinski definition) is 2. The Hall–Kier alpha value is -0.450. The highest BCUT2D eigenvalue weighted by Gasteiger charge is 2.27. The Bertz CT molecular complexity index is 372. The van der Waals surface area contributed by atoms with Crippen LogP contribution < -0.4 is 5.73 Å². The molecule has 2 rings (SSSR count). The van der Waals surface area contributed by atoms with Gasteiger partial charge in [-0.15, -0.1) is 0 Å². The van der Waals surface area contributed by atoms with Gasteiger partial charge in [0.2, 0.25) is 0 Å². The van der Waals surface area contributed by atoms with Gasteiger partial charge in [-0.3, -0.25) is 0 Å². The molecule has 0 amide bonds. The van der Waals surface area contributed by atoms with E-state index in [-0.39, 0.29) is 11.9 Å². The van der Waals surface area contributed by atoms with E-state index in [2.05, 4.69) is 15.9 Å². The van der Waals surface area contributed by atoms with Gasteiger partial charge in [0.25, 0.3) is 0 Å². The summed E-state index contributed by atoms with van der Waals surface area (Å²) in [6.07, 6.45) is 2.12. The fraction of sp³-hybridized carbons (Fsp3) is 0.500. The highest BCUT2D eigenvalue weighted by molar-refractivity contribution is 9.10. The maximum absolute atomic E-state index is 13.0. The van der Waals surface area contributed by atoms with Crippen LogP contribution >= 0.6 is 15.9 Å². The van der Waals surface area contributed by atoms with Crippen molar-refractivity contribution < 1.29 is 9.13 Å². The minimum absolute atomic E-state index is 0.00581. The molecular weight excluding hydrogens is 273 g/mol. The number of benzene rings is 1. The topological polar surface area (TPSA) is 35.2 Å². The lowest BCUT2D eigenvalue weighted by Crippen LogP contribution is -2.28. The van der Waals surface area contributed by atoms with Gasteiger partial charge in [-0.2, -0.15) is 0 Å². The molecule has 2 nitrogen and oxygen atoms in total. The summed E-state index contributed by atoms with van der Waals surface area (Å²) >= 11 is 3.38. The third kappa shape index (κ3) is 2.44. The Morgan fingerprint density at radius 2 is 2.31 bits per heavy atom. The summed E-state index contributed by atoms with van der Waals surface area (Å²) < 4.78 is 19.5. The SMILES string of the molecule is NCC1CCCOC1c1ccc(F)cc1Br. The first-order valence-corrected chi connectivity index (χ1v) is 6.28. The van der Waals surface area contributed by atoms with Gasteiger partial charge in [-0.05, 0) is 37.1 Å². The van der Waals surface area contributed by atoms with Gasteiger partial charge in [0.15, 0.2) is 0 Å². The normalized spacial score (nSPS) is 25.7. The predicted molar refractivity (Wildman–Crippen MR) is 64.6 cm³/mol. The van der Waals surface area contributed by atoms with Crippen LogP contribution in [0.5, 0.6) is 0 Å². The molecule has 0 saturated carbocycles. The zero-order chi connectivity index (χ0) is 11.5. The summed E-state index contributed by atoms with van der Waals surface area (Å²) in [7, 11) is 0. The molecule has 1 aromatic rings. The number of nitrogens with two attached hydrogens (primary N) is 1.